The minimum absolute atomic E-state index is 0.0109. The van der Waals surface area contributed by atoms with Gasteiger partial charge in [0.1, 0.15) is 12.6 Å². The number of aliphatic hydroxyl groups is 1. The average Bonchev–Trinajstić information content (AvgIpc) is 2.68. The maximum absolute atomic E-state index is 12.2. The van der Waals surface area contributed by atoms with Crippen LogP contribution in [0.5, 0.6) is 0 Å². The van der Waals surface area contributed by atoms with Crippen molar-refractivity contribution in [2.45, 2.75) is 25.5 Å². The van der Waals surface area contributed by atoms with Crippen molar-refractivity contribution in [2.24, 2.45) is 5.73 Å². The van der Waals surface area contributed by atoms with Crippen molar-refractivity contribution < 1.29 is 19.4 Å². The van der Waals surface area contributed by atoms with Crippen molar-refractivity contribution in [3.8, 4) is 0 Å². The zero-order valence-electron chi connectivity index (χ0n) is 15.8. The average molecular weight is 440 g/mol. The Morgan fingerprint density at radius 3 is 2.45 bits per heavy atom. The third kappa shape index (κ3) is 6.90. The number of carbonyl (C=O) groups is 2. The van der Waals surface area contributed by atoms with E-state index in [1.165, 1.54) is 6.92 Å². The molecule has 2 rings (SSSR count). The Bertz CT molecular complexity index is 841. The lowest BCUT2D eigenvalue weighted by molar-refractivity contribution is -0.143. The largest absolute Gasteiger partial charge is 0.464 e. The van der Waals surface area contributed by atoms with E-state index in [1.807, 2.05) is 6.07 Å². The normalized spacial score (nSPS) is 12.7. The first-order chi connectivity index (χ1) is 13.8. The summed E-state index contributed by atoms with van der Waals surface area (Å²) in [5.41, 5.74) is 7.44. The Labute approximate surface area is 179 Å². The number of nitrogens with two attached hydrogens (primary N) is 1. The van der Waals surface area contributed by atoms with Crippen LogP contribution in [0.2, 0.25) is 10.0 Å². The molecule has 9 heteroatoms. The van der Waals surface area contributed by atoms with Crippen LogP contribution < -0.4 is 16.4 Å². The lowest BCUT2D eigenvalue weighted by atomic mass is 10.1. The van der Waals surface area contributed by atoms with Gasteiger partial charge in [0.25, 0.3) is 0 Å². The third-order valence-electron chi connectivity index (χ3n) is 4.06. The molecule has 0 spiro atoms. The van der Waals surface area contributed by atoms with Crippen molar-refractivity contribution in [3.05, 3.63) is 58.1 Å². The molecule has 0 fully saturated rings. The number of amides is 1. The molecule has 0 aliphatic heterocycles. The van der Waals surface area contributed by atoms with Crippen molar-refractivity contribution in [1.29, 1.82) is 0 Å². The molecule has 0 saturated carbocycles. The summed E-state index contributed by atoms with van der Waals surface area (Å²) in [6.07, 6.45) is -0.944. The van der Waals surface area contributed by atoms with Gasteiger partial charge >= 0.3 is 5.97 Å². The highest BCUT2D eigenvalue weighted by Gasteiger charge is 2.18. The Kier molecular flexibility index (Phi) is 8.72. The number of para-hydroxylation sites is 2. The number of anilines is 2. The second-order valence-corrected chi connectivity index (χ2v) is 7.15. The van der Waals surface area contributed by atoms with Crippen LogP contribution in [0.25, 0.3) is 0 Å². The number of halogens is 2. The highest BCUT2D eigenvalue weighted by molar-refractivity contribution is 6.39. The van der Waals surface area contributed by atoms with E-state index in [0.29, 0.717) is 27.0 Å². The molecule has 7 nitrogen and oxygen atoms in total. The number of nitrogens with one attached hydrogen (secondary N) is 2. The molecule has 2 aromatic carbocycles. The summed E-state index contributed by atoms with van der Waals surface area (Å²) in [7, 11) is 0. The fourth-order valence-electron chi connectivity index (χ4n) is 2.43. The molecule has 1 amide bonds. The van der Waals surface area contributed by atoms with Gasteiger partial charge in [0.05, 0.1) is 34.8 Å². The molecule has 0 heterocycles. The number of hydrogen-bond donors (Lipinski definition) is 4. The predicted octanol–water partition coefficient (Wildman–Crippen LogP) is 2.65. The molecular weight excluding hydrogens is 417 g/mol. The second-order valence-electron chi connectivity index (χ2n) is 6.33. The highest BCUT2D eigenvalue weighted by Crippen LogP contribution is 2.33. The van der Waals surface area contributed by atoms with E-state index in [2.05, 4.69) is 10.6 Å². The van der Waals surface area contributed by atoms with Crippen LogP contribution >= 0.6 is 23.2 Å². The zero-order valence-corrected chi connectivity index (χ0v) is 17.3. The molecule has 0 bridgehead atoms. The number of esters is 1. The maximum Gasteiger partial charge on any atom is 0.310 e. The number of benzene rings is 2. The molecule has 0 unspecified atom stereocenters. The molecule has 0 aromatic heterocycles. The van der Waals surface area contributed by atoms with Gasteiger partial charge in [-0.15, -0.1) is 0 Å². The first-order valence-electron chi connectivity index (χ1n) is 8.95. The Balaban J connectivity index is 1.90. The van der Waals surface area contributed by atoms with Gasteiger partial charge in [-0.05, 0) is 30.7 Å². The highest BCUT2D eigenvalue weighted by atomic mass is 35.5. The van der Waals surface area contributed by atoms with Gasteiger partial charge in [-0.3, -0.25) is 9.59 Å². The lowest BCUT2D eigenvalue weighted by Gasteiger charge is -2.15. The van der Waals surface area contributed by atoms with E-state index in [4.69, 9.17) is 33.7 Å². The Morgan fingerprint density at radius 1 is 1.14 bits per heavy atom. The molecule has 2 atom stereocenters. The molecule has 29 heavy (non-hydrogen) atoms. The fraction of sp³-hybridized carbons (Fsp3) is 0.300. The topological polar surface area (TPSA) is 114 Å². The summed E-state index contributed by atoms with van der Waals surface area (Å²) in [6, 6.07) is 11.4. The summed E-state index contributed by atoms with van der Waals surface area (Å²) in [4.78, 5) is 23.8. The molecule has 0 saturated heterocycles. The van der Waals surface area contributed by atoms with Crippen LogP contribution in [-0.2, 0) is 20.7 Å². The molecule has 0 radical (unpaired) electrons. The molecule has 156 valence electrons. The number of rotatable bonds is 9. The minimum Gasteiger partial charge on any atom is -0.464 e. The predicted molar refractivity (Wildman–Crippen MR) is 114 cm³/mol. The Hall–Kier alpha value is -2.32. The number of carbonyl (C=O) groups excluding carboxylic acids is 2. The van der Waals surface area contributed by atoms with E-state index in [9.17, 15) is 14.7 Å². The standard InChI is InChI=1S/C20H23Cl2N3O4/c1-12(26)18(23)20(28)24-9-10-29-17(27)11-13-5-2-3-8-16(13)25-19-14(21)6-4-7-15(19)22/h2-8,12,18,25-26H,9-11,23H2,1H3,(H,24,28)/t12-,18+/m1/s1. The first-order valence-corrected chi connectivity index (χ1v) is 9.71. The van der Waals surface area contributed by atoms with Gasteiger partial charge in [0.15, 0.2) is 0 Å². The lowest BCUT2D eigenvalue weighted by Crippen LogP contribution is -2.47. The third-order valence-corrected chi connectivity index (χ3v) is 4.69. The fourth-order valence-corrected chi connectivity index (χ4v) is 2.92. The van der Waals surface area contributed by atoms with Gasteiger partial charge in [-0.25, -0.2) is 0 Å². The van der Waals surface area contributed by atoms with E-state index in [-0.39, 0.29) is 19.6 Å². The molecular formula is C20H23Cl2N3O4. The minimum atomic E-state index is -1.03. The molecule has 5 N–H and O–H groups in total. The van der Waals surface area contributed by atoms with Crippen LogP contribution in [0.15, 0.2) is 42.5 Å². The first kappa shape index (κ1) is 23.0. The van der Waals surface area contributed by atoms with E-state index in [0.717, 1.165) is 0 Å². The number of hydrogen-bond acceptors (Lipinski definition) is 6. The summed E-state index contributed by atoms with van der Waals surface area (Å²) >= 11 is 12.4. The summed E-state index contributed by atoms with van der Waals surface area (Å²) in [6.45, 7) is 1.51. The van der Waals surface area contributed by atoms with Crippen LogP contribution in [0.1, 0.15) is 12.5 Å². The quantitative estimate of drug-likeness (QED) is 0.352. The smallest absolute Gasteiger partial charge is 0.310 e. The van der Waals surface area contributed by atoms with Gasteiger partial charge < -0.3 is 26.2 Å². The van der Waals surface area contributed by atoms with Crippen LogP contribution in [0.4, 0.5) is 11.4 Å². The summed E-state index contributed by atoms with van der Waals surface area (Å²) < 4.78 is 5.15. The molecule has 2 aromatic rings. The summed E-state index contributed by atoms with van der Waals surface area (Å²) in [5.74, 6) is -0.971. The van der Waals surface area contributed by atoms with Gasteiger partial charge in [0, 0.05) is 5.69 Å². The zero-order chi connectivity index (χ0) is 21.4. The van der Waals surface area contributed by atoms with E-state index >= 15 is 0 Å². The van der Waals surface area contributed by atoms with Gasteiger partial charge in [-0.1, -0.05) is 47.5 Å². The number of ether oxygens (including phenoxy) is 1. The van der Waals surface area contributed by atoms with Crippen molar-refractivity contribution in [2.75, 3.05) is 18.5 Å². The summed E-state index contributed by atoms with van der Waals surface area (Å²) in [5, 5.41) is 15.8. The van der Waals surface area contributed by atoms with E-state index < -0.39 is 24.0 Å². The Morgan fingerprint density at radius 2 is 1.79 bits per heavy atom. The van der Waals surface area contributed by atoms with Crippen LogP contribution in [0.3, 0.4) is 0 Å². The second kappa shape index (κ2) is 11.0. The van der Waals surface area contributed by atoms with Gasteiger partial charge in [-0.2, -0.15) is 0 Å². The van der Waals surface area contributed by atoms with Crippen molar-refractivity contribution in [3.63, 3.8) is 0 Å². The van der Waals surface area contributed by atoms with Crippen molar-refractivity contribution >= 4 is 46.5 Å². The van der Waals surface area contributed by atoms with Crippen LogP contribution in [0, 0.1) is 0 Å². The maximum atomic E-state index is 12.2. The van der Waals surface area contributed by atoms with E-state index in [1.54, 1.807) is 36.4 Å². The van der Waals surface area contributed by atoms with Gasteiger partial charge in [0.2, 0.25) is 5.91 Å². The van der Waals surface area contributed by atoms with Crippen molar-refractivity contribution in [1.82, 2.24) is 5.32 Å². The van der Waals surface area contributed by atoms with Crippen LogP contribution in [-0.4, -0.2) is 42.3 Å². The molecule has 0 aliphatic carbocycles. The SMILES string of the molecule is C[C@@H](O)[C@H](N)C(=O)NCCOC(=O)Cc1ccccc1Nc1c(Cl)cccc1Cl. The molecule has 0 aliphatic rings. The monoisotopic (exact) mass is 439 g/mol. The number of aliphatic hydroxyl groups excluding tert-OH is 1.